The van der Waals surface area contributed by atoms with Crippen molar-refractivity contribution in [2.45, 2.75) is 44.4 Å². The van der Waals surface area contributed by atoms with Crippen molar-refractivity contribution in [3.8, 4) is 0 Å². The normalized spacial score (nSPS) is 19.3. The third kappa shape index (κ3) is 4.85. The Morgan fingerprint density at radius 2 is 1.85 bits per heavy atom. The molecule has 0 radical (unpaired) electrons. The minimum absolute atomic E-state index is 0. The lowest BCUT2D eigenvalue weighted by Gasteiger charge is -2.31. The molecule has 2 aliphatic rings. The summed E-state index contributed by atoms with van der Waals surface area (Å²) >= 11 is 0. The number of carbonyl (C=O) groups excluding carboxylic acids is 1. The van der Waals surface area contributed by atoms with E-state index in [0.29, 0.717) is 37.9 Å². The van der Waals surface area contributed by atoms with Crippen molar-refractivity contribution in [2.24, 2.45) is 5.92 Å². The summed E-state index contributed by atoms with van der Waals surface area (Å²) in [6, 6.07) is 1.41. The maximum Gasteiger partial charge on any atom is 0.289 e. The number of amides is 1. The minimum Gasteiger partial charge on any atom is -0.455 e. The van der Waals surface area contributed by atoms with E-state index >= 15 is 0 Å². The molecule has 3 heterocycles. The number of likely N-dealkylation sites (tertiary alicyclic amines) is 1. The number of nitrogens with one attached hydrogen (secondary N) is 1. The fourth-order valence-corrected chi connectivity index (χ4v) is 5.42. The van der Waals surface area contributed by atoms with Crippen LogP contribution in [0, 0.1) is 12.8 Å². The summed E-state index contributed by atoms with van der Waals surface area (Å²) in [7, 11) is -3.57. The Labute approximate surface area is 167 Å². The molecule has 0 aromatic carbocycles. The quantitative estimate of drug-likeness (QED) is 0.764. The smallest absolute Gasteiger partial charge is 0.289 e. The highest BCUT2D eigenvalue weighted by molar-refractivity contribution is 7.89. The second-order valence-corrected chi connectivity index (χ2v) is 9.09. The van der Waals surface area contributed by atoms with E-state index in [1.807, 2.05) is 0 Å². The molecule has 27 heavy (non-hydrogen) atoms. The first-order valence-electron chi connectivity index (χ1n) is 9.54. The summed E-state index contributed by atoms with van der Waals surface area (Å²) in [4.78, 5) is 14.6. The zero-order valence-electron chi connectivity index (χ0n) is 16.1. The van der Waals surface area contributed by atoms with Gasteiger partial charge in [0.05, 0.1) is 0 Å². The van der Waals surface area contributed by atoms with E-state index in [1.165, 1.54) is 10.4 Å². The number of rotatable bonds is 6. The van der Waals surface area contributed by atoms with E-state index in [4.69, 9.17) is 4.42 Å². The summed E-state index contributed by atoms with van der Waals surface area (Å²) in [6.07, 6.45) is 3.67. The monoisotopic (exact) mass is 419 g/mol. The summed E-state index contributed by atoms with van der Waals surface area (Å²) in [6.45, 7) is 8.08. The van der Waals surface area contributed by atoms with Crippen LogP contribution in [0.5, 0.6) is 0 Å². The molecule has 0 bridgehead atoms. The molecular weight excluding hydrogens is 390 g/mol. The van der Waals surface area contributed by atoms with Crippen LogP contribution in [0.25, 0.3) is 0 Å². The van der Waals surface area contributed by atoms with Gasteiger partial charge in [0.2, 0.25) is 10.0 Å². The summed E-state index contributed by atoms with van der Waals surface area (Å²) in [5.41, 5.74) is 0. The van der Waals surface area contributed by atoms with Crippen molar-refractivity contribution < 1.29 is 17.6 Å². The molecule has 0 spiro atoms. The van der Waals surface area contributed by atoms with E-state index in [-0.39, 0.29) is 29.0 Å². The highest BCUT2D eigenvalue weighted by Gasteiger charge is 2.33. The van der Waals surface area contributed by atoms with Gasteiger partial charge in [-0.05, 0) is 51.6 Å². The SMILES string of the molecule is CCNCC1CCN(C(=O)c2cc(S(=O)(=O)N3CCCC3)c(C)o2)CC1.Cl. The third-order valence-corrected chi connectivity index (χ3v) is 7.36. The standard InChI is InChI=1S/C18H29N3O4S.ClH/c1-3-19-13-15-6-10-20(11-7-15)18(22)16-12-17(14(2)25-16)26(23,24)21-8-4-5-9-21;/h12,15,19H,3-11,13H2,1-2H3;1H. The molecule has 7 nitrogen and oxygen atoms in total. The van der Waals surface area contributed by atoms with Gasteiger partial charge in [-0.3, -0.25) is 4.79 Å². The summed E-state index contributed by atoms with van der Waals surface area (Å²) in [5.74, 6) is 0.800. The van der Waals surface area contributed by atoms with Gasteiger partial charge in [-0.1, -0.05) is 6.92 Å². The van der Waals surface area contributed by atoms with Crippen molar-refractivity contribution in [1.29, 1.82) is 0 Å². The van der Waals surface area contributed by atoms with Crippen molar-refractivity contribution >= 4 is 28.3 Å². The molecular formula is C18H30ClN3O4S. The number of sulfonamides is 1. The second-order valence-electron chi connectivity index (χ2n) is 7.19. The number of hydrogen-bond acceptors (Lipinski definition) is 5. The van der Waals surface area contributed by atoms with E-state index in [2.05, 4.69) is 12.2 Å². The van der Waals surface area contributed by atoms with Crippen LogP contribution in [-0.4, -0.2) is 62.8 Å². The van der Waals surface area contributed by atoms with Crippen LogP contribution < -0.4 is 5.32 Å². The lowest BCUT2D eigenvalue weighted by Crippen LogP contribution is -2.40. The van der Waals surface area contributed by atoms with Crippen LogP contribution in [0.4, 0.5) is 0 Å². The molecule has 0 saturated carbocycles. The minimum atomic E-state index is -3.57. The highest BCUT2D eigenvalue weighted by atomic mass is 35.5. The maximum atomic E-state index is 12.7. The predicted octanol–water partition coefficient (Wildman–Crippen LogP) is 2.26. The Morgan fingerprint density at radius 3 is 2.44 bits per heavy atom. The molecule has 1 aromatic rings. The van der Waals surface area contributed by atoms with E-state index < -0.39 is 10.0 Å². The number of nitrogens with zero attached hydrogens (tertiary/aromatic N) is 2. The maximum absolute atomic E-state index is 12.7. The van der Waals surface area contributed by atoms with Gasteiger partial charge in [-0.15, -0.1) is 12.4 Å². The van der Waals surface area contributed by atoms with Gasteiger partial charge in [0.1, 0.15) is 10.7 Å². The molecule has 1 N–H and O–H groups in total. The van der Waals surface area contributed by atoms with Gasteiger partial charge in [-0.2, -0.15) is 4.31 Å². The van der Waals surface area contributed by atoms with Crippen molar-refractivity contribution in [3.05, 3.63) is 17.6 Å². The van der Waals surface area contributed by atoms with Crippen molar-refractivity contribution in [1.82, 2.24) is 14.5 Å². The first kappa shape index (κ1) is 22.2. The van der Waals surface area contributed by atoms with Crippen molar-refractivity contribution in [3.63, 3.8) is 0 Å². The molecule has 0 aliphatic carbocycles. The summed E-state index contributed by atoms with van der Waals surface area (Å²) < 4.78 is 32.5. The fraction of sp³-hybridized carbons (Fsp3) is 0.722. The lowest BCUT2D eigenvalue weighted by atomic mass is 9.96. The lowest BCUT2D eigenvalue weighted by molar-refractivity contribution is 0.0657. The molecule has 1 amide bonds. The number of carbonyl (C=O) groups is 1. The number of halogens is 1. The van der Waals surface area contributed by atoms with Crippen LogP contribution in [0.1, 0.15) is 48.9 Å². The first-order valence-corrected chi connectivity index (χ1v) is 11.0. The van der Waals surface area contributed by atoms with E-state index in [9.17, 15) is 13.2 Å². The largest absolute Gasteiger partial charge is 0.455 e. The van der Waals surface area contributed by atoms with E-state index in [0.717, 1.165) is 38.8 Å². The molecule has 9 heteroatoms. The van der Waals surface area contributed by atoms with E-state index in [1.54, 1.807) is 11.8 Å². The van der Waals surface area contributed by atoms with Crippen molar-refractivity contribution in [2.75, 3.05) is 39.3 Å². The molecule has 0 unspecified atom stereocenters. The molecule has 154 valence electrons. The van der Waals surface area contributed by atoms with Crippen LogP contribution in [-0.2, 0) is 10.0 Å². The van der Waals surface area contributed by atoms with Gasteiger partial charge in [0, 0.05) is 32.2 Å². The molecule has 2 saturated heterocycles. The highest BCUT2D eigenvalue weighted by Crippen LogP contribution is 2.27. The Balaban J connectivity index is 0.00000261. The van der Waals surface area contributed by atoms with Crippen LogP contribution in [0.2, 0.25) is 0 Å². The number of piperidine rings is 1. The fourth-order valence-electron chi connectivity index (χ4n) is 3.74. The van der Waals surface area contributed by atoms with Gasteiger partial charge in [0.25, 0.3) is 5.91 Å². The van der Waals surface area contributed by atoms with Gasteiger partial charge < -0.3 is 14.6 Å². The average molecular weight is 420 g/mol. The number of hydrogen-bond donors (Lipinski definition) is 1. The Bertz CT molecular complexity index is 736. The Morgan fingerprint density at radius 1 is 1.22 bits per heavy atom. The molecule has 2 aliphatic heterocycles. The predicted molar refractivity (Wildman–Crippen MR) is 106 cm³/mol. The summed E-state index contributed by atoms with van der Waals surface area (Å²) in [5, 5.41) is 3.35. The third-order valence-electron chi connectivity index (χ3n) is 5.35. The molecule has 2 fully saturated rings. The number of furan rings is 1. The molecule has 3 rings (SSSR count). The van der Waals surface area contributed by atoms with Gasteiger partial charge in [0.15, 0.2) is 5.76 Å². The first-order chi connectivity index (χ1) is 12.4. The van der Waals surface area contributed by atoms with Crippen LogP contribution in [0.15, 0.2) is 15.4 Å². The van der Waals surface area contributed by atoms with Crippen LogP contribution >= 0.6 is 12.4 Å². The van der Waals surface area contributed by atoms with Gasteiger partial charge >= 0.3 is 0 Å². The van der Waals surface area contributed by atoms with Gasteiger partial charge in [-0.25, -0.2) is 8.42 Å². The molecule has 0 atom stereocenters. The zero-order valence-corrected chi connectivity index (χ0v) is 17.7. The topological polar surface area (TPSA) is 82.9 Å². The number of aryl methyl sites for hydroxylation is 1. The Kier molecular flexibility index (Phi) is 7.73. The molecule has 1 aromatic heterocycles. The van der Waals surface area contributed by atoms with Crippen LogP contribution in [0.3, 0.4) is 0 Å². The average Bonchev–Trinajstić information content (AvgIpc) is 3.30. The second kappa shape index (κ2) is 9.41. The zero-order chi connectivity index (χ0) is 18.7. The Hall–Kier alpha value is -1.09.